The van der Waals surface area contributed by atoms with Gasteiger partial charge in [-0.05, 0) is 13.8 Å². The van der Waals surface area contributed by atoms with Gasteiger partial charge in [0.25, 0.3) is 6.29 Å². The van der Waals surface area contributed by atoms with Crippen LogP contribution in [-0.4, -0.2) is 24.8 Å². The molecule has 0 rings (SSSR count). The third kappa shape index (κ3) is 4.97. The predicted molar refractivity (Wildman–Crippen MR) is 54.7 cm³/mol. The van der Waals surface area contributed by atoms with Gasteiger partial charge in [-0.2, -0.15) is 0 Å². The van der Waals surface area contributed by atoms with E-state index in [1.165, 1.54) is 13.8 Å². The molecule has 0 saturated heterocycles. The molecule has 0 atom stereocenters. The summed E-state index contributed by atoms with van der Waals surface area (Å²) in [5, 5.41) is 0. The van der Waals surface area contributed by atoms with Gasteiger partial charge < -0.3 is 15.2 Å². The van der Waals surface area contributed by atoms with Gasteiger partial charge in [-0.3, -0.25) is 0 Å². The van der Waals surface area contributed by atoms with E-state index in [1.54, 1.807) is 0 Å². The minimum Gasteiger partial charge on any atom is -0.420 e. The van der Waals surface area contributed by atoms with Crippen LogP contribution in [0.1, 0.15) is 13.8 Å². The SMILES string of the molecule is C=C(C)C(=O)OC(CN)OC(=O)C(=C)C. The number of rotatable bonds is 5. The monoisotopic (exact) mass is 213 g/mol. The smallest absolute Gasteiger partial charge is 0.336 e. The zero-order valence-electron chi connectivity index (χ0n) is 8.91. The second-order valence-corrected chi connectivity index (χ2v) is 3.04. The Bertz CT molecular complexity index is 268. The molecule has 0 amide bonds. The first-order chi connectivity index (χ1) is 6.88. The third-order valence-electron chi connectivity index (χ3n) is 1.37. The molecule has 0 aliphatic carbocycles. The molecule has 0 aliphatic rings. The van der Waals surface area contributed by atoms with Crippen LogP contribution >= 0.6 is 0 Å². The van der Waals surface area contributed by atoms with Crippen molar-refractivity contribution >= 4 is 11.9 Å². The fraction of sp³-hybridized carbons (Fsp3) is 0.400. The molecule has 84 valence electrons. The topological polar surface area (TPSA) is 78.6 Å². The first-order valence-corrected chi connectivity index (χ1v) is 4.31. The number of carbonyl (C=O) groups excluding carboxylic acids is 2. The quantitative estimate of drug-likeness (QED) is 0.409. The van der Waals surface area contributed by atoms with Crippen LogP contribution in [-0.2, 0) is 19.1 Å². The molecular formula is C10H15NO4. The lowest BCUT2D eigenvalue weighted by Crippen LogP contribution is -2.32. The number of hydrogen-bond donors (Lipinski definition) is 1. The summed E-state index contributed by atoms with van der Waals surface area (Å²) >= 11 is 0. The maximum atomic E-state index is 11.1. The van der Waals surface area contributed by atoms with Gasteiger partial charge in [-0.15, -0.1) is 0 Å². The molecule has 0 spiro atoms. The van der Waals surface area contributed by atoms with Gasteiger partial charge in [0.05, 0.1) is 6.54 Å². The summed E-state index contributed by atoms with van der Waals surface area (Å²) in [6, 6.07) is 0. The van der Waals surface area contributed by atoms with Crippen LogP contribution in [0, 0.1) is 0 Å². The van der Waals surface area contributed by atoms with Crippen molar-refractivity contribution in [1.82, 2.24) is 0 Å². The molecule has 0 saturated carbocycles. The molecule has 2 N–H and O–H groups in total. The van der Waals surface area contributed by atoms with Gasteiger partial charge in [0.1, 0.15) is 0 Å². The van der Waals surface area contributed by atoms with Gasteiger partial charge in [-0.1, -0.05) is 13.2 Å². The van der Waals surface area contributed by atoms with E-state index in [4.69, 9.17) is 15.2 Å². The molecule has 0 unspecified atom stereocenters. The van der Waals surface area contributed by atoms with Crippen LogP contribution in [0.3, 0.4) is 0 Å². The Hall–Kier alpha value is -1.62. The van der Waals surface area contributed by atoms with Gasteiger partial charge >= 0.3 is 11.9 Å². The van der Waals surface area contributed by atoms with Crippen molar-refractivity contribution in [3.63, 3.8) is 0 Å². The van der Waals surface area contributed by atoms with Gasteiger partial charge in [0.15, 0.2) is 0 Å². The Labute approximate surface area is 88.5 Å². The van der Waals surface area contributed by atoms with E-state index in [9.17, 15) is 9.59 Å². The van der Waals surface area contributed by atoms with Crippen molar-refractivity contribution in [2.24, 2.45) is 5.73 Å². The second kappa shape index (κ2) is 5.98. The third-order valence-corrected chi connectivity index (χ3v) is 1.37. The highest BCUT2D eigenvalue weighted by atomic mass is 16.7. The summed E-state index contributed by atoms with van der Waals surface area (Å²) in [5.41, 5.74) is 5.67. The lowest BCUT2D eigenvalue weighted by molar-refractivity contribution is -0.180. The molecule has 15 heavy (non-hydrogen) atoms. The molecule has 0 aromatic carbocycles. The van der Waals surface area contributed by atoms with Gasteiger partial charge in [-0.25, -0.2) is 9.59 Å². The van der Waals surface area contributed by atoms with E-state index >= 15 is 0 Å². The number of hydrogen-bond acceptors (Lipinski definition) is 5. The largest absolute Gasteiger partial charge is 0.420 e. The van der Waals surface area contributed by atoms with Gasteiger partial charge in [0, 0.05) is 11.1 Å². The van der Waals surface area contributed by atoms with Crippen molar-refractivity contribution in [3.05, 3.63) is 24.3 Å². The lowest BCUT2D eigenvalue weighted by Gasteiger charge is -2.16. The van der Waals surface area contributed by atoms with Crippen molar-refractivity contribution in [2.75, 3.05) is 6.54 Å². The minimum atomic E-state index is -1.10. The van der Waals surface area contributed by atoms with Gasteiger partial charge in [0.2, 0.25) is 0 Å². The minimum absolute atomic E-state index is 0.113. The molecule has 0 fully saturated rings. The lowest BCUT2D eigenvalue weighted by atomic mass is 10.3. The highest BCUT2D eigenvalue weighted by Crippen LogP contribution is 2.02. The van der Waals surface area contributed by atoms with Crippen molar-refractivity contribution in [1.29, 1.82) is 0 Å². The molecule has 0 aromatic rings. The summed E-state index contributed by atoms with van der Waals surface area (Å²) in [5.74, 6) is -1.31. The number of ether oxygens (including phenoxy) is 2. The van der Waals surface area contributed by atoms with Crippen LogP contribution < -0.4 is 5.73 Å². The molecule has 0 aromatic heterocycles. The second-order valence-electron chi connectivity index (χ2n) is 3.04. The Balaban J connectivity index is 4.27. The van der Waals surface area contributed by atoms with Crippen LogP contribution in [0.15, 0.2) is 24.3 Å². The highest BCUT2D eigenvalue weighted by Gasteiger charge is 2.17. The normalized spacial score (nSPS) is 9.60. The Morgan fingerprint density at radius 3 is 1.67 bits per heavy atom. The Kier molecular flexibility index (Phi) is 5.33. The van der Waals surface area contributed by atoms with E-state index < -0.39 is 18.2 Å². The first kappa shape index (κ1) is 13.4. The maximum absolute atomic E-state index is 11.1. The molecular weight excluding hydrogens is 198 g/mol. The van der Waals surface area contributed by atoms with Crippen molar-refractivity contribution in [3.8, 4) is 0 Å². The molecule has 5 nitrogen and oxygen atoms in total. The predicted octanol–water partition coefficient (Wildman–Crippen LogP) is 0.510. The molecule has 0 heterocycles. The summed E-state index contributed by atoms with van der Waals surface area (Å²) in [4.78, 5) is 22.1. The van der Waals surface area contributed by atoms with E-state index in [2.05, 4.69) is 13.2 Å². The zero-order valence-corrected chi connectivity index (χ0v) is 8.91. The maximum Gasteiger partial charge on any atom is 0.336 e. The summed E-state index contributed by atoms with van der Waals surface area (Å²) in [7, 11) is 0. The standard InChI is InChI=1S/C10H15NO4/c1-6(2)9(12)14-8(5-11)15-10(13)7(3)4/h8H,1,3,5,11H2,2,4H3. The Morgan fingerprint density at radius 1 is 1.13 bits per heavy atom. The zero-order chi connectivity index (χ0) is 12.0. The van der Waals surface area contributed by atoms with Crippen molar-refractivity contribution < 1.29 is 19.1 Å². The van der Waals surface area contributed by atoms with E-state index in [0.29, 0.717) is 0 Å². The van der Waals surface area contributed by atoms with Crippen LogP contribution in [0.25, 0.3) is 0 Å². The average Bonchev–Trinajstić information content (AvgIpc) is 2.15. The summed E-state index contributed by atoms with van der Waals surface area (Å²) in [6.07, 6.45) is -1.10. The highest BCUT2D eigenvalue weighted by molar-refractivity contribution is 5.88. The number of nitrogens with two attached hydrogens (primary N) is 1. The molecule has 0 aliphatic heterocycles. The molecule has 0 radical (unpaired) electrons. The van der Waals surface area contributed by atoms with Crippen LogP contribution in [0.5, 0.6) is 0 Å². The number of carbonyl (C=O) groups is 2. The summed E-state index contributed by atoms with van der Waals surface area (Å²) in [6.45, 7) is 9.62. The molecule has 0 bridgehead atoms. The fourth-order valence-electron chi connectivity index (χ4n) is 0.560. The Morgan fingerprint density at radius 2 is 1.47 bits per heavy atom. The van der Waals surface area contributed by atoms with E-state index in [0.717, 1.165) is 0 Å². The molecule has 5 heteroatoms. The van der Waals surface area contributed by atoms with Crippen LogP contribution in [0.2, 0.25) is 0 Å². The average molecular weight is 213 g/mol. The number of esters is 2. The van der Waals surface area contributed by atoms with E-state index in [1.807, 2.05) is 0 Å². The van der Waals surface area contributed by atoms with E-state index in [-0.39, 0.29) is 17.7 Å². The summed E-state index contributed by atoms with van der Waals surface area (Å²) < 4.78 is 9.47. The first-order valence-electron chi connectivity index (χ1n) is 4.31. The van der Waals surface area contributed by atoms with Crippen molar-refractivity contribution in [2.45, 2.75) is 20.1 Å². The fourth-order valence-corrected chi connectivity index (χ4v) is 0.560. The van der Waals surface area contributed by atoms with Crippen LogP contribution in [0.4, 0.5) is 0 Å².